The Balaban J connectivity index is 2.47. The second-order valence-corrected chi connectivity index (χ2v) is 8.76. The fraction of sp³-hybridized carbons (Fsp3) is 0.409. The largest absolute Gasteiger partial charge is 0.507 e. The van der Waals surface area contributed by atoms with Gasteiger partial charge in [0.05, 0.1) is 11.3 Å². The van der Waals surface area contributed by atoms with E-state index in [-0.39, 0.29) is 16.6 Å². The quantitative estimate of drug-likeness (QED) is 0.576. The number of benzene rings is 2. The van der Waals surface area contributed by atoms with Crippen LogP contribution in [0.4, 0.5) is 18.9 Å². The van der Waals surface area contributed by atoms with Gasteiger partial charge in [-0.1, -0.05) is 47.6 Å². The van der Waals surface area contributed by atoms with E-state index < -0.39 is 11.7 Å². The Kier molecular flexibility index (Phi) is 5.46. The number of phenolic OH excluding ortho intramolecular Hbond substituents is 1. The second kappa shape index (κ2) is 7.02. The normalized spacial score (nSPS) is 13.4. The van der Waals surface area contributed by atoms with Crippen LogP contribution in [0.25, 0.3) is 0 Å². The lowest BCUT2D eigenvalue weighted by Crippen LogP contribution is -2.17. The third-order valence-electron chi connectivity index (χ3n) is 4.36. The lowest BCUT2D eigenvalue weighted by Gasteiger charge is -2.26. The molecule has 0 fully saturated rings. The van der Waals surface area contributed by atoms with Crippen LogP contribution in [-0.2, 0) is 17.0 Å². The highest BCUT2D eigenvalue weighted by atomic mass is 19.4. The van der Waals surface area contributed by atoms with Gasteiger partial charge in [-0.15, -0.1) is 0 Å². The van der Waals surface area contributed by atoms with Crippen molar-refractivity contribution in [3.05, 3.63) is 58.7 Å². The number of alkyl halides is 3. The summed E-state index contributed by atoms with van der Waals surface area (Å²) in [6.45, 7) is 12.3. The summed E-state index contributed by atoms with van der Waals surface area (Å²) in [7, 11) is 0. The Morgan fingerprint density at radius 3 is 1.81 bits per heavy atom. The van der Waals surface area contributed by atoms with Crippen molar-refractivity contribution in [1.29, 1.82) is 0 Å². The maximum Gasteiger partial charge on any atom is 0.416 e. The van der Waals surface area contributed by atoms with Crippen molar-refractivity contribution in [3.8, 4) is 5.75 Å². The predicted molar refractivity (Wildman–Crippen MR) is 104 cm³/mol. The molecular weight excluding hydrogens is 351 g/mol. The van der Waals surface area contributed by atoms with E-state index >= 15 is 0 Å². The number of aliphatic imine (C=N–C) groups is 1. The van der Waals surface area contributed by atoms with Gasteiger partial charge in [-0.3, -0.25) is 4.99 Å². The van der Waals surface area contributed by atoms with Gasteiger partial charge in [-0.25, -0.2) is 0 Å². The van der Waals surface area contributed by atoms with Crippen molar-refractivity contribution in [2.75, 3.05) is 0 Å². The molecule has 2 rings (SSSR count). The minimum absolute atomic E-state index is 0.120. The molecule has 0 aliphatic heterocycles. The molecule has 2 aromatic carbocycles. The molecule has 0 aromatic heterocycles. The molecule has 0 amide bonds. The highest BCUT2D eigenvalue weighted by molar-refractivity contribution is 5.86. The summed E-state index contributed by atoms with van der Waals surface area (Å²) >= 11 is 0. The minimum Gasteiger partial charge on any atom is -0.507 e. The number of hydrogen-bond donors (Lipinski definition) is 1. The van der Waals surface area contributed by atoms with Gasteiger partial charge >= 0.3 is 6.18 Å². The van der Waals surface area contributed by atoms with Gasteiger partial charge in [0.2, 0.25) is 0 Å². The molecular formula is C22H26F3NO. The molecule has 0 atom stereocenters. The number of hydrogen-bond acceptors (Lipinski definition) is 2. The van der Waals surface area contributed by atoms with Gasteiger partial charge in [0.15, 0.2) is 0 Å². The van der Waals surface area contributed by atoms with Crippen LogP contribution in [0.1, 0.15) is 63.8 Å². The maximum atomic E-state index is 12.7. The van der Waals surface area contributed by atoms with Gasteiger partial charge < -0.3 is 5.11 Å². The van der Waals surface area contributed by atoms with Crippen LogP contribution in [0.15, 0.2) is 41.4 Å². The van der Waals surface area contributed by atoms with E-state index in [2.05, 4.69) is 25.8 Å². The molecule has 0 heterocycles. The molecule has 1 N–H and O–H groups in total. The van der Waals surface area contributed by atoms with Crippen LogP contribution in [0.2, 0.25) is 0 Å². The van der Waals surface area contributed by atoms with Crippen molar-refractivity contribution in [3.63, 3.8) is 0 Å². The Morgan fingerprint density at radius 1 is 0.815 bits per heavy atom. The van der Waals surface area contributed by atoms with Gasteiger partial charge in [0.25, 0.3) is 0 Å². The van der Waals surface area contributed by atoms with E-state index in [4.69, 9.17) is 0 Å². The molecule has 0 bridgehead atoms. The van der Waals surface area contributed by atoms with E-state index in [1.54, 1.807) is 0 Å². The number of nitrogens with zero attached hydrogens (tertiary/aromatic N) is 1. The number of aromatic hydroxyl groups is 1. The lowest BCUT2D eigenvalue weighted by atomic mass is 9.79. The van der Waals surface area contributed by atoms with Gasteiger partial charge in [-0.2, -0.15) is 13.2 Å². The Bertz CT molecular complexity index is 836. The SMILES string of the molecule is CC(C)(C)c1cc(C=Nc2ccc(C(F)(F)F)cc2)c(O)c(C(C)(C)C)c1. The molecule has 146 valence electrons. The number of rotatable bonds is 2. The predicted octanol–water partition coefficient (Wildman–Crippen LogP) is 6.76. The standard InChI is InChI=1S/C22H26F3NO/c1-20(2,3)16-11-14(19(27)18(12-16)21(4,5)6)13-26-17-9-7-15(8-10-17)22(23,24)25/h7-13,27H,1-6H3. The van der Waals surface area contributed by atoms with Crippen molar-refractivity contribution in [2.45, 2.75) is 58.5 Å². The van der Waals surface area contributed by atoms with Crippen molar-refractivity contribution in [2.24, 2.45) is 4.99 Å². The first-order valence-corrected chi connectivity index (χ1v) is 8.79. The molecule has 27 heavy (non-hydrogen) atoms. The third-order valence-corrected chi connectivity index (χ3v) is 4.36. The molecule has 0 spiro atoms. The maximum absolute atomic E-state index is 12.7. The average molecular weight is 377 g/mol. The first kappa shape index (κ1) is 21.0. The monoisotopic (exact) mass is 377 g/mol. The third kappa shape index (κ3) is 5.12. The van der Waals surface area contributed by atoms with E-state index in [1.807, 2.05) is 32.9 Å². The molecule has 2 nitrogen and oxygen atoms in total. The van der Waals surface area contributed by atoms with E-state index in [9.17, 15) is 18.3 Å². The van der Waals surface area contributed by atoms with Crippen LogP contribution < -0.4 is 0 Å². The van der Waals surface area contributed by atoms with Crippen LogP contribution in [0.3, 0.4) is 0 Å². The molecule has 0 aliphatic rings. The highest BCUT2D eigenvalue weighted by Gasteiger charge is 2.30. The summed E-state index contributed by atoms with van der Waals surface area (Å²) in [4.78, 5) is 4.25. The molecule has 0 radical (unpaired) electrons. The average Bonchev–Trinajstić information content (AvgIpc) is 2.51. The lowest BCUT2D eigenvalue weighted by molar-refractivity contribution is -0.137. The summed E-state index contributed by atoms with van der Waals surface area (Å²) in [5.74, 6) is 0.145. The van der Waals surface area contributed by atoms with E-state index in [1.165, 1.54) is 18.3 Å². The molecule has 0 saturated carbocycles. The van der Waals surface area contributed by atoms with Crippen LogP contribution >= 0.6 is 0 Å². The second-order valence-electron chi connectivity index (χ2n) is 8.76. The first-order valence-electron chi connectivity index (χ1n) is 8.79. The fourth-order valence-electron chi connectivity index (χ4n) is 2.64. The summed E-state index contributed by atoms with van der Waals surface area (Å²) < 4.78 is 38.0. The van der Waals surface area contributed by atoms with Crippen LogP contribution in [0, 0.1) is 0 Å². The number of halogens is 3. The molecule has 0 unspecified atom stereocenters. The van der Waals surface area contributed by atoms with Crippen LogP contribution in [0.5, 0.6) is 5.75 Å². The van der Waals surface area contributed by atoms with Gasteiger partial charge in [0, 0.05) is 17.3 Å². The smallest absolute Gasteiger partial charge is 0.416 e. The molecule has 2 aromatic rings. The first-order chi connectivity index (χ1) is 12.2. The van der Waals surface area contributed by atoms with E-state index in [0.717, 1.165) is 23.3 Å². The van der Waals surface area contributed by atoms with Crippen molar-refractivity contribution >= 4 is 11.9 Å². The number of phenols is 1. The van der Waals surface area contributed by atoms with Crippen LogP contribution in [-0.4, -0.2) is 11.3 Å². The molecule has 0 aliphatic carbocycles. The van der Waals surface area contributed by atoms with Gasteiger partial charge in [-0.05, 0) is 46.7 Å². The summed E-state index contributed by atoms with van der Waals surface area (Å²) in [6, 6.07) is 8.50. The zero-order valence-electron chi connectivity index (χ0n) is 16.6. The zero-order chi connectivity index (χ0) is 20.6. The summed E-state index contributed by atoms with van der Waals surface area (Å²) in [5, 5.41) is 10.7. The molecule has 5 heteroatoms. The highest BCUT2D eigenvalue weighted by Crippen LogP contribution is 2.37. The molecule has 0 saturated heterocycles. The summed E-state index contributed by atoms with van der Waals surface area (Å²) in [5.41, 5.74) is 1.71. The fourth-order valence-corrected chi connectivity index (χ4v) is 2.64. The van der Waals surface area contributed by atoms with E-state index in [0.29, 0.717) is 11.3 Å². The summed E-state index contributed by atoms with van der Waals surface area (Å²) in [6.07, 6.45) is -2.87. The topological polar surface area (TPSA) is 32.6 Å². The minimum atomic E-state index is -4.37. The zero-order valence-corrected chi connectivity index (χ0v) is 16.6. The Labute approximate surface area is 158 Å². The Morgan fingerprint density at radius 2 is 1.37 bits per heavy atom. The van der Waals surface area contributed by atoms with Gasteiger partial charge in [0.1, 0.15) is 5.75 Å². The Hall–Kier alpha value is -2.30. The van der Waals surface area contributed by atoms with Crippen molar-refractivity contribution in [1.82, 2.24) is 0 Å². The van der Waals surface area contributed by atoms with Crippen molar-refractivity contribution < 1.29 is 18.3 Å².